The summed E-state index contributed by atoms with van der Waals surface area (Å²) in [5, 5.41) is 27.3. The molecule has 1 amide bonds. The number of nitrogens with one attached hydrogen (secondary N) is 1. The van der Waals surface area contributed by atoms with E-state index in [1.54, 1.807) is 0 Å². The van der Waals surface area contributed by atoms with Gasteiger partial charge in [0.05, 0.1) is 15.5 Å². The van der Waals surface area contributed by atoms with E-state index in [4.69, 9.17) is 15.0 Å². The topological polar surface area (TPSA) is 415 Å². The summed E-state index contributed by atoms with van der Waals surface area (Å²) >= 11 is 0. The van der Waals surface area contributed by atoms with Crippen LogP contribution < -0.4 is 15.8 Å². The minimum Gasteiger partial charge on any atom is -0.505 e. The third-order valence-electron chi connectivity index (χ3n) is 6.72. The van der Waals surface area contributed by atoms with E-state index >= 15 is 0 Å². The first-order valence-electron chi connectivity index (χ1n) is 14.2. The van der Waals surface area contributed by atoms with Gasteiger partial charge in [-0.25, -0.2) is 4.18 Å². The Hall–Kier alpha value is -5.28. The number of benzene rings is 4. The van der Waals surface area contributed by atoms with E-state index in [1.165, 1.54) is 0 Å². The van der Waals surface area contributed by atoms with E-state index in [9.17, 15) is 70.2 Å². The Bertz CT molecular complexity index is 2920. The summed E-state index contributed by atoms with van der Waals surface area (Å²) in [4.78, 5) is 8.25. The molecule has 0 saturated carbocycles. The quantitative estimate of drug-likeness (QED) is 0.0390. The van der Waals surface area contributed by atoms with Crippen LogP contribution in [0.15, 0.2) is 88.6 Å². The number of carbonyl (C=O) groups is 1. The molecule has 0 aromatic heterocycles. The number of aromatic hydroxyl groups is 1. The van der Waals surface area contributed by atoms with Crippen LogP contribution in [0.5, 0.6) is 11.5 Å². The van der Waals surface area contributed by atoms with Crippen LogP contribution in [0.2, 0.25) is 0 Å². The highest BCUT2D eigenvalue weighted by Crippen LogP contribution is 2.46. The molecule has 30 heteroatoms. The predicted molar refractivity (Wildman–Crippen MR) is 188 cm³/mol. The summed E-state index contributed by atoms with van der Waals surface area (Å²) in [5.41, 5.74) is 2.03. The largest absolute Gasteiger partial charge is 0.505 e. The van der Waals surface area contributed by atoms with Gasteiger partial charge in [0.15, 0.2) is 5.75 Å². The molecule has 4 rings (SSSR count). The van der Waals surface area contributed by atoms with Gasteiger partial charge in [-0.05, 0) is 47.9 Å². The molecule has 0 saturated heterocycles. The Balaban J connectivity index is 1.98. The lowest BCUT2D eigenvalue weighted by molar-refractivity contribution is -0.114. The fraction of sp³-hybridized carbons (Fsp3) is 0.115. The normalized spacial score (nSPS) is 13.1. The molecule has 0 aliphatic rings. The number of hydrogen-bond acceptors (Lipinski definition) is 19. The van der Waals surface area contributed by atoms with Crippen molar-refractivity contribution in [1.82, 2.24) is 0 Å². The molecule has 56 heavy (non-hydrogen) atoms. The molecule has 0 fully saturated rings. The zero-order chi connectivity index (χ0) is 42.2. The predicted octanol–water partition coefficient (Wildman–Crippen LogP) is 3.10. The van der Waals surface area contributed by atoms with Crippen molar-refractivity contribution < 1.29 is 83.7 Å². The Morgan fingerprint density at radius 1 is 0.679 bits per heavy atom. The summed E-state index contributed by atoms with van der Waals surface area (Å²) in [5.74, 6) is -2.45. The summed E-state index contributed by atoms with van der Waals surface area (Å²) in [6.45, 7) is -0.622. The lowest BCUT2D eigenvalue weighted by Crippen LogP contribution is -2.12. The van der Waals surface area contributed by atoms with Gasteiger partial charge in [0.25, 0.3) is 40.5 Å². The second-order valence-corrected chi connectivity index (χ2v) is 17.4. The summed E-state index contributed by atoms with van der Waals surface area (Å²) in [7, 11) is -25.3. The minimum absolute atomic E-state index is 0.393. The van der Waals surface area contributed by atoms with E-state index in [0.717, 1.165) is 19.1 Å². The maximum absolute atomic E-state index is 12.4. The third kappa shape index (κ3) is 10.7. The van der Waals surface area contributed by atoms with Crippen LogP contribution in [0, 0.1) is 0 Å². The number of amides is 1. The molecule has 0 spiro atoms. The number of ether oxygens (including phenoxy) is 1. The molecular weight excluding hydrogens is 861 g/mol. The second-order valence-electron chi connectivity index (χ2n) is 10.7. The van der Waals surface area contributed by atoms with Crippen LogP contribution >= 0.6 is 0 Å². The first-order valence-corrected chi connectivity index (χ1v) is 21.4. The lowest BCUT2D eigenvalue weighted by Gasteiger charge is -2.14. The van der Waals surface area contributed by atoms with Crippen LogP contribution in [0.1, 0.15) is 6.92 Å². The van der Waals surface area contributed by atoms with Gasteiger partial charge in [-0.15, -0.1) is 20.5 Å². The van der Waals surface area contributed by atoms with E-state index in [-0.39, 0.29) is 0 Å². The molecule has 9 N–H and O–H groups in total. The number of carbonyl (C=O) groups excluding carboxylic acids is 1. The van der Waals surface area contributed by atoms with E-state index in [2.05, 4.69) is 30.0 Å². The van der Waals surface area contributed by atoms with Crippen molar-refractivity contribution in [2.75, 3.05) is 24.3 Å². The zero-order valence-electron chi connectivity index (χ0n) is 27.4. The van der Waals surface area contributed by atoms with Crippen molar-refractivity contribution in [2.45, 2.75) is 26.5 Å². The minimum atomic E-state index is -5.34. The van der Waals surface area contributed by atoms with E-state index < -0.39 is 146 Å². The molecule has 0 heterocycles. The number of anilines is 2. The Morgan fingerprint density at radius 2 is 1.27 bits per heavy atom. The van der Waals surface area contributed by atoms with Gasteiger partial charge in [-0.2, -0.15) is 42.1 Å². The lowest BCUT2D eigenvalue weighted by atomic mass is 10.1. The molecule has 0 unspecified atom stereocenters. The molecule has 0 atom stereocenters. The molecule has 0 aliphatic carbocycles. The maximum Gasteiger partial charge on any atom is 0.397 e. The smallest absolute Gasteiger partial charge is 0.397 e. The number of nitrogen functional groups attached to an aromatic ring is 1. The molecule has 25 nitrogen and oxygen atoms in total. The van der Waals surface area contributed by atoms with Gasteiger partial charge in [-0.1, -0.05) is 0 Å². The van der Waals surface area contributed by atoms with Gasteiger partial charge in [-0.3, -0.25) is 27.6 Å². The number of phenolic OH excluding ortho intramolecular Hbond substituents is 1. The van der Waals surface area contributed by atoms with E-state index in [1.807, 2.05) is 0 Å². The van der Waals surface area contributed by atoms with Gasteiger partial charge < -0.3 is 20.9 Å². The Morgan fingerprint density at radius 3 is 1.82 bits per heavy atom. The number of rotatable bonds is 14. The number of nitrogens with zero attached hydrogens (tertiary/aromatic N) is 4. The maximum atomic E-state index is 12.4. The van der Waals surface area contributed by atoms with Crippen LogP contribution in [0.25, 0.3) is 10.8 Å². The molecule has 0 bridgehead atoms. The van der Waals surface area contributed by atoms with Gasteiger partial charge in [0.2, 0.25) is 5.91 Å². The average Bonchev–Trinajstić information content (AvgIpc) is 3.03. The highest BCUT2D eigenvalue weighted by Gasteiger charge is 2.26. The third-order valence-corrected chi connectivity index (χ3v) is 10.6. The first-order chi connectivity index (χ1) is 25.6. The highest BCUT2D eigenvalue weighted by molar-refractivity contribution is 7.86. The number of nitrogens with two attached hydrogens (primary N) is 1. The summed E-state index contributed by atoms with van der Waals surface area (Å²) < 4.78 is 174. The van der Waals surface area contributed by atoms with Crippen molar-refractivity contribution in [3.8, 4) is 11.5 Å². The summed E-state index contributed by atoms with van der Waals surface area (Å²) in [6.07, 6.45) is 0. The molecule has 0 aliphatic heterocycles. The molecule has 302 valence electrons. The van der Waals surface area contributed by atoms with Crippen LogP contribution in [0.4, 0.5) is 34.1 Å². The fourth-order valence-electron chi connectivity index (χ4n) is 4.51. The van der Waals surface area contributed by atoms with Crippen molar-refractivity contribution in [3.05, 3.63) is 48.5 Å². The number of phenols is 1. The first kappa shape index (κ1) is 43.4. The molecule has 4 aromatic carbocycles. The second kappa shape index (κ2) is 15.7. The molecule has 4 aromatic rings. The molecular formula is C26H24N6O19S5. The van der Waals surface area contributed by atoms with Gasteiger partial charge in [0, 0.05) is 24.1 Å². The van der Waals surface area contributed by atoms with Crippen LogP contribution in [0.3, 0.4) is 0 Å². The highest BCUT2D eigenvalue weighted by atomic mass is 32.3. The fourth-order valence-corrected chi connectivity index (χ4v) is 7.11. The van der Waals surface area contributed by atoms with Crippen LogP contribution in [-0.4, -0.2) is 89.1 Å². The van der Waals surface area contributed by atoms with Crippen LogP contribution in [-0.2, 0) is 59.8 Å². The van der Waals surface area contributed by atoms with Crippen molar-refractivity contribution in [2.24, 2.45) is 20.5 Å². The average molecular weight is 885 g/mol. The zero-order valence-corrected chi connectivity index (χ0v) is 31.5. The van der Waals surface area contributed by atoms with Crippen molar-refractivity contribution in [3.63, 3.8) is 0 Å². The summed E-state index contributed by atoms with van der Waals surface area (Å²) in [6, 6.07) is 5.47. The van der Waals surface area contributed by atoms with Crippen molar-refractivity contribution >= 4 is 102 Å². The number of azo groups is 2. The number of fused-ring (bicyclic) bond motifs is 1. The Kier molecular flexibility index (Phi) is 12.2. The van der Waals surface area contributed by atoms with Crippen molar-refractivity contribution in [1.29, 1.82) is 0 Å². The Labute approximate surface area is 315 Å². The van der Waals surface area contributed by atoms with E-state index in [0.29, 0.717) is 36.4 Å². The van der Waals surface area contributed by atoms with Gasteiger partial charge in [0.1, 0.15) is 51.5 Å². The monoisotopic (exact) mass is 884 g/mol. The van der Waals surface area contributed by atoms with Gasteiger partial charge >= 0.3 is 10.4 Å². The molecule has 0 radical (unpaired) electrons. The number of hydrogen-bond donors (Lipinski definition) is 8. The SMILES string of the molecule is CC(=O)Nc1cc(N=Nc2c(S(=O)(=O)O)cc3cc(S(=O)(=O)O)cc(N)c3c2O)c(OCCOS(=O)(=O)O)cc1N=Nc1cc(S(=O)(=O)O)ccc1S(=O)(=O)O. The standard InChI is InChI=1S/C26H24N6O19S5/c1-12(33)28-17-10-19(30-32-25-23(55(44,45)46)7-13-6-15(53(38,39)40)8-16(27)24(13)26(25)34)21(50-4-5-51-56(47,48)49)11-18(17)29-31-20-9-14(52(35,36)37)2-3-22(20)54(41,42)43/h2-3,6-11,34H,4-5,27H2,1H3,(H,28,33)(H,35,36,37)(H,38,39,40)(H,41,42,43)(H,44,45,46)(H,47,48,49).